The molecular weight excluding hydrogens is 290 g/mol. The molecule has 0 aliphatic rings. The minimum atomic E-state index is -0.397. The first-order chi connectivity index (χ1) is 10.1. The number of hydrogen-bond acceptors (Lipinski definition) is 5. The average molecular weight is 311 g/mol. The van der Waals surface area contributed by atoms with Crippen LogP contribution in [0, 0.1) is 0 Å². The van der Waals surface area contributed by atoms with E-state index in [-0.39, 0.29) is 12.5 Å². The Hall–Kier alpha value is -1.69. The summed E-state index contributed by atoms with van der Waals surface area (Å²) < 4.78 is 9.70. The standard InChI is InChI=1S/C15H21NO4S/c1-4-9-16(10-15(18)20-3)14(17)11-21-13-7-5-12(19-2)6-8-13/h5-8H,4,9-11H2,1-3H3. The Morgan fingerprint density at radius 2 is 1.86 bits per heavy atom. The lowest BCUT2D eigenvalue weighted by Crippen LogP contribution is -2.37. The second-order valence-corrected chi connectivity index (χ2v) is 5.40. The van der Waals surface area contributed by atoms with Crippen molar-refractivity contribution in [1.82, 2.24) is 4.90 Å². The molecule has 116 valence electrons. The van der Waals surface area contributed by atoms with Gasteiger partial charge in [0, 0.05) is 11.4 Å². The largest absolute Gasteiger partial charge is 0.497 e. The smallest absolute Gasteiger partial charge is 0.325 e. The lowest BCUT2D eigenvalue weighted by atomic mass is 10.3. The first kappa shape index (κ1) is 17.4. The monoisotopic (exact) mass is 311 g/mol. The van der Waals surface area contributed by atoms with Gasteiger partial charge >= 0.3 is 5.97 Å². The van der Waals surface area contributed by atoms with E-state index in [9.17, 15) is 9.59 Å². The number of methoxy groups -OCH3 is 2. The molecule has 0 aliphatic carbocycles. The normalized spacial score (nSPS) is 10.0. The Labute approximate surface area is 129 Å². The minimum Gasteiger partial charge on any atom is -0.497 e. The first-order valence-electron chi connectivity index (χ1n) is 6.72. The molecular formula is C15H21NO4S. The van der Waals surface area contributed by atoms with Gasteiger partial charge in [-0.05, 0) is 30.7 Å². The quantitative estimate of drug-likeness (QED) is 0.544. The van der Waals surface area contributed by atoms with Crippen LogP contribution in [0.5, 0.6) is 5.75 Å². The van der Waals surface area contributed by atoms with Crippen molar-refractivity contribution in [3.63, 3.8) is 0 Å². The highest BCUT2D eigenvalue weighted by Gasteiger charge is 2.16. The summed E-state index contributed by atoms with van der Waals surface area (Å²) in [4.78, 5) is 26.0. The third-order valence-corrected chi connectivity index (χ3v) is 3.81. The van der Waals surface area contributed by atoms with E-state index in [1.54, 1.807) is 7.11 Å². The van der Waals surface area contributed by atoms with Crippen molar-refractivity contribution in [1.29, 1.82) is 0 Å². The van der Waals surface area contributed by atoms with Gasteiger partial charge in [-0.2, -0.15) is 0 Å². The van der Waals surface area contributed by atoms with Gasteiger partial charge in [0.25, 0.3) is 0 Å². The number of esters is 1. The molecule has 1 amide bonds. The fraction of sp³-hybridized carbons (Fsp3) is 0.467. The molecule has 0 radical (unpaired) electrons. The number of carbonyl (C=O) groups excluding carboxylic acids is 2. The molecule has 1 rings (SSSR count). The van der Waals surface area contributed by atoms with Gasteiger partial charge in [-0.3, -0.25) is 9.59 Å². The van der Waals surface area contributed by atoms with Gasteiger partial charge in [0.2, 0.25) is 5.91 Å². The fourth-order valence-electron chi connectivity index (χ4n) is 1.69. The second kappa shape index (κ2) is 9.28. The number of amides is 1. The van der Waals surface area contributed by atoms with Crippen LogP contribution in [-0.4, -0.2) is 49.8 Å². The molecule has 0 fully saturated rings. The third kappa shape index (κ3) is 6.08. The van der Waals surface area contributed by atoms with Crippen LogP contribution in [-0.2, 0) is 14.3 Å². The van der Waals surface area contributed by atoms with Crippen LogP contribution in [0.2, 0.25) is 0 Å². The summed E-state index contributed by atoms with van der Waals surface area (Å²) in [6, 6.07) is 7.51. The van der Waals surface area contributed by atoms with Crippen LogP contribution in [0.1, 0.15) is 13.3 Å². The Morgan fingerprint density at radius 1 is 1.19 bits per heavy atom. The van der Waals surface area contributed by atoms with Crippen molar-refractivity contribution >= 4 is 23.6 Å². The van der Waals surface area contributed by atoms with Crippen molar-refractivity contribution in [2.24, 2.45) is 0 Å². The summed E-state index contributed by atoms with van der Waals surface area (Å²) >= 11 is 1.44. The number of thioether (sulfide) groups is 1. The SMILES string of the molecule is CCCN(CC(=O)OC)C(=O)CSc1ccc(OC)cc1. The van der Waals surface area contributed by atoms with E-state index in [4.69, 9.17) is 4.74 Å². The van der Waals surface area contributed by atoms with Gasteiger partial charge in [-0.25, -0.2) is 0 Å². The molecule has 0 unspecified atom stereocenters. The fourth-order valence-corrected chi connectivity index (χ4v) is 2.49. The van der Waals surface area contributed by atoms with Crippen LogP contribution in [0.3, 0.4) is 0 Å². The zero-order valence-corrected chi connectivity index (χ0v) is 13.4. The number of benzene rings is 1. The molecule has 0 N–H and O–H groups in total. The van der Waals surface area contributed by atoms with Gasteiger partial charge in [-0.15, -0.1) is 11.8 Å². The zero-order chi connectivity index (χ0) is 15.7. The number of nitrogens with zero attached hydrogens (tertiary/aromatic N) is 1. The van der Waals surface area contributed by atoms with E-state index < -0.39 is 5.97 Å². The van der Waals surface area contributed by atoms with Crippen LogP contribution in [0.25, 0.3) is 0 Å². The van der Waals surface area contributed by atoms with E-state index in [2.05, 4.69) is 4.74 Å². The minimum absolute atomic E-state index is 0.00630. The highest BCUT2D eigenvalue weighted by atomic mass is 32.2. The third-order valence-electron chi connectivity index (χ3n) is 2.82. The van der Waals surface area contributed by atoms with Crippen molar-refractivity contribution in [3.8, 4) is 5.75 Å². The predicted molar refractivity (Wildman–Crippen MR) is 82.6 cm³/mol. The van der Waals surface area contributed by atoms with Gasteiger partial charge in [0.1, 0.15) is 12.3 Å². The Balaban J connectivity index is 2.53. The number of hydrogen-bond donors (Lipinski definition) is 0. The Morgan fingerprint density at radius 3 is 2.38 bits per heavy atom. The number of carbonyl (C=O) groups is 2. The number of ether oxygens (including phenoxy) is 2. The highest BCUT2D eigenvalue weighted by Crippen LogP contribution is 2.21. The average Bonchev–Trinajstić information content (AvgIpc) is 2.52. The molecule has 0 saturated heterocycles. The van der Waals surface area contributed by atoms with E-state index in [1.165, 1.54) is 23.8 Å². The van der Waals surface area contributed by atoms with Gasteiger partial charge in [0.15, 0.2) is 0 Å². The molecule has 0 saturated carbocycles. The summed E-state index contributed by atoms with van der Waals surface area (Å²) in [5.41, 5.74) is 0. The summed E-state index contributed by atoms with van der Waals surface area (Å²) in [5, 5.41) is 0. The molecule has 0 spiro atoms. The molecule has 21 heavy (non-hydrogen) atoms. The van der Waals surface area contributed by atoms with Crippen molar-refractivity contribution < 1.29 is 19.1 Å². The summed E-state index contributed by atoms with van der Waals surface area (Å²) in [6.45, 7) is 2.53. The maximum atomic E-state index is 12.2. The summed E-state index contributed by atoms with van der Waals surface area (Å²) in [5.74, 6) is 0.613. The summed E-state index contributed by atoms with van der Waals surface area (Å²) in [7, 11) is 2.93. The van der Waals surface area contributed by atoms with Gasteiger partial charge < -0.3 is 14.4 Å². The Kier molecular flexibility index (Phi) is 7.68. The van der Waals surface area contributed by atoms with Crippen LogP contribution in [0.15, 0.2) is 29.2 Å². The number of rotatable bonds is 8. The lowest BCUT2D eigenvalue weighted by molar-refractivity contribution is -0.146. The maximum absolute atomic E-state index is 12.2. The van der Waals surface area contributed by atoms with E-state index >= 15 is 0 Å². The van der Waals surface area contributed by atoms with E-state index in [0.29, 0.717) is 12.3 Å². The lowest BCUT2D eigenvalue weighted by Gasteiger charge is -2.20. The van der Waals surface area contributed by atoms with Crippen LogP contribution < -0.4 is 4.74 Å². The maximum Gasteiger partial charge on any atom is 0.325 e. The predicted octanol–water partition coefficient (Wildman–Crippen LogP) is 2.20. The molecule has 0 heterocycles. The zero-order valence-electron chi connectivity index (χ0n) is 12.6. The van der Waals surface area contributed by atoms with Crippen molar-refractivity contribution in [2.75, 3.05) is 33.1 Å². The Bertz CT molecular complexity index is 461. The topological polar surface area (TPSA) is 55.8 Å². The molecule has 0 aliphatic heterocycles. The first-order valence-corrected chi connectivity index (χ1v) is 7.70. The molecule has 0 bridgehead atoms. The molecule has 0 atom stereocenters. The summed E-state index contributed by atoms with van der Waals surface area (Å²) in [6.07, 6.45) is 0.802. The molecule has 5 nitrogen and oxygen atoms in total. The van der Waals surface area contributed by atoms with Gasteiger partial charge in [-0.1, -0.05) is 6.92 Å². The highest BCUT2D eigenvalue weighted by molar-refractivity contribution is 8.00. The molecule has 6 heteroatoms. The van der Waals surface area contributed by atoms with Gasteiger partial charge in [0.05, 0.1) is 20.0 Å². The van der Waals surface area contributed by atoms with Crippen molar-refractivity contribution in [2.45, 2.75) is 18.2 Å². The molecule has 0 aromatic heterocycles. The van der Waals surface area contributed by atoms with Crippen LogP contribution >= 0.6 is 11.8 Å². The molecule has 1 aromatic carbocycles. The van der Waals surface area contributed by atoms with Crippen LogP contribution in [0.4, 0.5) is 0 Å². The second-order valence-electron chi connectivity index (χ2n) is 4.36. The van der Waals surface area contributed by atoms with E-state index in [0.717, 1.165) is 17.1 Å². The molecule has 1 aromatic rings. The van der Waals surface area contributed by atoms with Crippen molar-refractivity contribution in [3.05, 3.63) is 24.3 Å². The van der Waals surface area contributed by atoms with E-state index in [1.807, 2.05) is 31.2 Å².